The van der Waals surface area contributed by atoms with Crippen molar-refractivity contribution in [3.8, 4) is 0 Å². The van der Waals surface area contributed by atoms with Gasteiger partial charge in [0.05, 0.1) is 5.69 Å². The fourth-order valence-electron chi connectivity index (χ4n) is 2.80. The summed E-state index contributed by atoms with van der Waals surface area (Å²) in [6.07, 6.45) is 4.86. The van der Waals surface area contributed by atoms with Crippen molar-refractivity contribution in [3.05, 3.63) is 10.6 Å². The number of nitrogens with zero attached hydrogens (tertiary/aromatic N) is 2. The average molecular weight is 296 g/mol. The lowest BCUT2D eigenvalue weighted by atomic mass is 9.87. The van der Waals surface area contributed by atoms with Crippen LogP contribution in [0.15, 0.2) is 0 Å². The lowest BCUT2D eigenvalue weighted by Crippen LogP contribution is -2.34. The molecule has 0 saturated heterocycles. The number of thiazole rings is 1. The molecule has 1 aliphatic carbocycles. The summed E-state index contributed by atoms with van der Waals surface area (Å²) < 4.78 is 0. The first-order valence-corrected chi connectivity index (χ1v) is 8.18. The molecule has 0 unspecified atom stereocenters. The first kappa shape index (κ1) is 15.3. The predicted octanol–water partition coefficient (Wildman–Crippen LogP) is 3.98. The Labute approximate surface area is 124 Å². The molecule has 1 N–H and O–H groups in total. The molecular formula is C15H24N2O2S. The molecular weight excluding hydrogens is 272 g/mol. The zero-order valence-electron chi connectivity index (χ0n) is 12.7. The summed E-state index contributed by atoms with van der Waals surface area (Å²) in [5.74, 6) is 0.103. The zero-order valence-corrected chi connectivity index (χ0v) is 13.5. The quantitative estimate of drug-likeness (QED) is 0.913. The molecule has 1 aromatic heterocycles. The van der Waals surface area contributed by atoms with Gasteiger partial charge in [-0.1, -0.05) is 32.1 Å². The normalized spacial score (nSPS) is 23.1. The molecule has 0 spiro atoms. The van der Waals surface area contributed by atoms with Crippen LogP contribution in [0.3, 0.4) is 0 Å². The van der Waals surface area contributed by atoms with Crippen molar-refractivity contribution in [2.45, 2.75) is 58.4 Å². The molecule has 0 radical (unpaired) electrons. The molecule has 2 rings (SSSR count). The SMILES string of the molecule is CC1CCC(N(C)c2nc(C(C)C)c(C(=O)O)s2)CC1. The molecule has 0 amide bonds. The summed E-state index contributed by atoms with van der Waals surface area (Å²) in [5.41, 5.74) is 0.716. The van der Waals surface area contributed by atoms with Crippen molar-refractivity contribution in [1.29, 1.82) is 0 Å². The first-order valence-electron chi connectivity index (χ1n) is 7.37. The Kier molecular flexibility index (Phi) is 4.68. The van der Waals surface area contributed by atoms with E-state index in [2.05, 4.69) is 23.9 Å². The van der Waals surface area contributed by atoms with Gasteiger partial charge in [-0.3, -0.25) is 0 Å². The van der Waals surface area contributed by atoms with E-state index in [1.54, 1.807) is 0 Å². The molecule has 1 saturated carbocycles. The van der Waals surface area contributed by atoms with E-state index in [4.69, 9.17) is 0 Å². The minimum Gasteiger partial charge on any atom is -0.477 e. The van der Waals surface area contributed by atoms with Gasteiger partial charge in [0.2, 0.25) is 0 Å². The number of anilines is 1. The van der Waals surface area contributed by atoms with Gasteiger partial charge >= 0.3 is 5.97 Å². The molecule has 0 aromatic carbocycles. The fourth-order valence-corrected chi connectivity index (χ4v) is 3.89. The van der Waals surface area contributed by atoms with Crippen LogP contribution in [0.2, 0.25) is 0 Å². The maximum atomic E-state index is 11.3. The Morgan fingerprint density at radius 3 is 2.40 bits per heavy atom. The maximum Gasteiger partial charge on any atom is 0.347 e. The number of carboxylic acids is 1. The molecule has 0 aliphatic heterocycles. The van der Waals surface area contributed by atoms with Crippen molar-refractivity contribution < 1.29 is 9.90 Å². The van der Waals surface area contributed by atoms with Crippen LogP contribution in [0.1, 0.15) is 67.7 Å². The molecule has 112 valence electrons. The second-order valence-electron chi connectivity index (χ2n) is 6.20. The summed E-state index contributed by atoms with van der Waals surface area (Å²) >= 11 is 1.31. The number of aromatic carboxylic acids is 1. The van der Waals surface area contributed by atoms with E-state index >= 15 is 0 Å². The van der Waals surface area contributed by atoms with E-state index in [9.17, 15) is 9.90 Å². The second-order valence-corrected chi connectivity index (χ2v) is 7.17. The third-order valence-corrected chi connectivity index (χ3v) is 5.37. The van der Waals surface area contributed by atoms with E-state index in [0.29, 0.717) is 16.6 Å². The van der Waals surface area contributed by atoms with Gasteiger partial charge in [-0.25, -0.2) is 9.78 Å². The number of hydrogen-bond acceptors (Lipinski definition) is 4. The van der Waals surface area contributed by atoms with Crippen molar-refractivity contribution in [2.24, 2.45) is 5.92 Å². The lowest BCUT2D eigenvalue weighted by Gasteiger charge is -2.33. The summed E-state index contributed by atoms with van der Waals surface area (Å²) in [4.78, 5) is 18.5. The molecule has 20 heavy (non-hydrogen) atoms. The van der Waals surface area contributed by atoms with E-state index in [-0.39, 0.29) is 5.92 Å². The summed E-state index contributed by atoms with van der Waals surface area (Å²) in [6.45, 7) is 6.29. The standard InChI is InChI=1S/C15H24N2O2S/c1-9(2)12-13(14(18)19)20-15(16-12)17(4)11-7-5-10(3)6-8-11/h9-11H,5-8H2,1-4H3,(H,18,19). The van der Waals surface area contributed by atoms with Gasteiger partial charge in [-0.15, -0.1) is 0 Å². The number of carbonyl (C=O) groups is 1. The lowest BCUT2D eigenvalue weighted by molar-refractivity contribution is 0.0700. The average Bonchev–Trinajstić information content (AvgIpc) is 2.84. The van der Waals surface area contributed by atoms with Gasteiger partial charge in [-0.05, 0) is 37.5 Å². The van der Waals surface area contributed by atoms with Crippen LogP contribution in [0.25, 0.3) is 0 Å². The van der Waals surface area contributed by atoms with Gasteiger partial charge in [-0.2, -0.15) is 0 Å². The molecule has 1 fully saturated rings. The van der Waals surface area contributed by atoms with Gasteiger partial charge < -0.3 is 10.0 Å². The number of rotatable bonds is 4. The molecule has 4 nitrogen and oxygen atoms in total. The van der Waals surface area contributed by atoms with Crippen molar-refractivity contribution in [3.63, 3.8) is 0 Å². The largest absolute Gasteiger partial charge is 0.477 e. The Morgan fingerprint density at radius 2 is 1.95 bits per heavy atom. The third kappa shape index (κ3) is 3.14. The Hall–Kier alpha value is -1.10. The molecule has 5 heteroatoms. The Morgan fingerprint density at radius 1 is 1.35 bits per heavy atom. The molecule has 1 aromatic rings. The van der Waals surface area contributed by atoms with E-state index in [1.807, 2.05) is 13.8 Å². The molecule has 0 atom stereocenters. The second kappa shape index (κ2) is 6.12. The smallest absolute Gasteiger partial charge is 0.347 e. The van der Waals surface area contributed by atoms with Crippen LogP contribution in [-0.2, 0) is 0 Å². The number of hydrogen-bond donors (Lipinski definition) is 1. The van der Waals surface area contributed by atoms with Crippen molar-refractivity contribution >= 4 is 22.4 Å². The first-order chi connectivity index (χ1) is 9.40. The predicted molar refractivity (Wildman–Crippen MR) is 83.0 cm³/mol. The van der Waals surface area contributed by atoms with E-state index in [0.717, 1.165) is 11.0 Å². The summed E-state index contributed by atoms with van der Waals surface area (Å²) in [6, 6.07) is 0.499. The van der Waals surface area contributed by atoms with Gasteiger partial charge in [0.25, 0.3) is 0 Å². The number of aromatic nitrogens is 1. The van der Waals surface area contributed by atoms with Crippen LogP contribution in [0, 0.1) is 5.92 Å². The van der Waals surface area contributed by atoms with Crippen LogP contribution in [0.4, 0.5) is 5.13 Å². The summed E-state index contributed by atoms with van der Waals surface area (Å²) in [5, 5.41) is 10.2. The van der Waals surface area contributed by atoms with Crippen LogP contribution < -0.4 is 4.90 Å². The third-order valence-electron chi connectivity index (χ3n) is 4.22. The Balaban J connectivity index is 2.20. The minimum atomic E-state index is -0.858. The van der Waals surface area contributed by atoms with Gasteiger partial charge in [0.15, 0.2) is 5.13 Å². The highest BCUT2D eigenvalue weighted by Gasteiger charge is 2.26. The fraction of sp³-hybridized carbons (Fsp3) is 0.733. The summed E-state index contributed by atoms with van der Waals surface area (Å²) in [7, 11) is 2.05. The van der Waals surface area contributed by atoms with Crippen LogP contribution in [-0.4, -0.2) is 29.1 Å². The van der Waals surface area contributed by atoms with Crippen LogP contribution >= 0.6 is 11.3 Å². The monoisotopic (exact) mass is 296 g/mol. The highest BCUT2D eigenvalue weighted by molar-refractivity contribution is 7.17. The van der Waals surface area contributed by atoms with Crippen LogP contribution in [0.5, 0.6) is 0 Å². The van der Waals surface area contributed by atoms with Crippen molar-refractivity contribution in [1.82, 2.24) is 4.98 Å². The highest BCUT2D eigenvalue weighted by Crippen LogP contribution is 2.34. The van der Waals surface area contributed by atoms with Gasteiger partial charge in [0, 0.05) is 13.1 Å². The van der Waals surface area contributed by atoms with E-state index < -0.39 is 5.97 Å². The topological polar surface area (TPSA) is 53.4 Å². The number of carboxylic acid groups (broad SMARTS) is 1. The minimum absolute atomic E-state index is 0.144. The zero-order chi connectivity index (χ0) is 14.9. The van der Waals surface area contributed by atoms with E-state index in [1.165, 1.54) is 37.0 Å². The molecule has 1 heterocycles. The molecule has 0 bridgehead atoms. The maximum absolute atomic E-state index is 11.3. The van der Waals surface area contributed by atoms with Gasteiger partial charge in [0.1, 0.15) is 4.88 Å². The highest BCUT2D eigenvalue weighted by atomic mass is 32.1. The van der Waals surface area contributed by atoms with Crippen molar-refractivity contribution in [2.75, 3.05) is 11.9 Å². The Bertz CT molecular complexity index is 476. The molecule has 1 aliphatic rings.